The molecule has 106 valence electrons. The molecular formula is C17H21BrN2. The number of hydrogen-bond acceptors (Lipinski definition) is 1. The van der Waals surface area contributed by atoms with E-state index in [0.29, 0.717) is 6.04 Å². The van der Waals surface area contributed by atoms with Crippen molar-refractivity contribution in [2.24, 2.45) is 0 Å². The molecule has 0 amide bonds. The first-order chi connectivity index (χ1) is 9.81. The zero-order chi connectivity index (χ0) is 13.5. The van der Waals surface area contributed by atoms with Crippen LogP contribution in [0.1, 0.15) is 36.8 Å². The third-order valence-electron chi connectivity index (χ3n) is 4.80. The predicted octanol–water partition coefficient (Wildman–Crippen LogP) is 4.03. The Balaban J connectivity index is 1.72. The van der Waals surface area contributed by atoms with E-state index in [1.807, 2.05) is 0 Å². The summed E-state index contributed by atoms with van der Waals surface area (Å²) in [7, 11) is 0. The van der Waals surface area contributed by atoms with Gasteiger partial charge in [0, 0.05) is 28.6 Å². The number of nitrogens with zero attached hydrogens (tertiary/aromatic N) is 1. The fourth-order valence-corrected chi connectivity index (χ4v) is 4.41. The van der Waals surface area contributed by atoms with Gasteiger partial charge in [0.1, 0.15) is 0 Å². The number of nitrogens with one attached hydrogen (secondary N) is 1. The van der Waals surface area contributed by atoms with Gasteiger partial charge in [-0.3, -0.25) is 0 Å². The fraction of sp³-hybridized carbons (Fsp3) is 0.529. The summed E-state index contributed by atoms with van der Waals surface area (Å²) in [5.41, 5.74) is 4.51. The van der Waals surface area contributed by atoms with Crippen LogP contribution in [0, 0.1) is 0 Å². The normalized spacial score (nSPS) is 22.4. The second kappa shape index (κ2) is 5.19. The summed E-state index contributed by atoms with van der Waals surface area (Å²) in [5, 5.41) is 5.08. The van der Waals surface area contributed by atoms with Crippen molar-refractivity contribution in [2.45, 2.75) is 51.1 Å². The van der Waals surface area contributed by atoms with Crippen LogP contribution in [-0.2, 0) is 19.4 Å². The van der Waals surface area contributed by atoms with E-state index in [9.17, 15) is 0 Å². The Morgan fingerprint density at radius 2 is 2.20 bits per heavy atom. The molecule has 0 bridgehead atoms. The molecule has 1 aromatic heterocycles. The molecule has 4 rings (SSSR count). The van der Waals surface area contributed by atoms with Gasteiger partial charge >= 0.3 is 0 Å². The Labute approximate surface area is 128 Å². The van der Waals surface area contributed by atoms with Crippen LogP contribution in [0.4, 0.5) is 0 Å². The maximum absolute atomic E-state index is 3.74. The van der Waals surface area contributed by atoms with Gasteiger partial charge in [0.15, 0.2) is 0 Å². The highest BCUT2D eigenvalue weighted by molar-refractivity contribution is 9.10. The van der Waals surface area contributed by atoms with Crippen LogP contribution in [0.5, 0.6) is 0 Å². The van der Waals surface area contributed by atoms with Crippen molar-refractivity contribution in [1.82, 2.24) is 9.88 Å². The first kappa shape index (κ1) is 12.9. The van der Waals surface area contributed by atoms with Crippen LogP contribution in [0.25, 0.3) is 10.9 Å². The minimum absolute atomic E-state index is 0.679. The van der Waals surface area contributed by atoms with Gasteiger partial charge in [-0.1, -0.05) is 12.5 Å². The first-order valence-corrected chi connectivity index (χ1v) is 8.64. The van der Waals surface area contributed by atoms with E-state index in [-0.39, 0.29) is 0 Å². The molecule has 0 saturated carbocycles. The lowest BCUT2D eigenvalue weighted by Crippen LogP contribution is -2.35. The van der Waals surface area contributed by atoms with Crippen molar-refractivity contribution in [3.8, 4) is 0 Å². The van der Waals surface area contributed by atoms with Crippen molar-refractivity contribution in [2.75, 3.05) is 6.54 Å². The Morgan fingerprint density at radius 3 is 3.05 bits per heavy atom. The average molecular weight is 333 g/mol. The summed E-state index contributed by atoms with van der Waals surface area (Å²) < 4.78 is 3.68. The molecule has 1 atom stereocenters. The Kier molecular flexibility index (Phi) is 3.35. The molecule has 3 heterocycles. The maximum Gasteiger partial charge on any atom is 0.0524 e. The summed E-state index contributed by atoms with van der Waals surface area (Å²) in [5.74, 6) is 0. The van der Waals surface area contributed by atoms with E-state index in [1.54, 1.807) is 5.56 Å². The standard InChI is InChI=1S/C17H21BrN2/c18-16-11-20-7-3-4-13-8-12(10-15(16)17(13)20)9-14-5-1-2-6-19-14/h8,10-11,14,19H,1-7,9H2. The highest BCUT2D eigenvalue weighted by Crippen LogP contribution is 2.34. The van der Waals surface area contributed by atoms with E-state index in [2.05, 4.69) is 44.1 Å². The average Bonchev–Trinajstić information content (AvgIpc) is 2.78. The predicted molar refractivity (Wildman–Crippen MR) is 87.3 cm³/mol. The second-order valence-electron chi connectivity index (χ2n) is 6.28. The van der Waals surface area contributed by atoms with Crippen LogP contribution in [-0.4, -0.2) is 17.2 Å². The number of aromatic nitrogens is 1. The van der Waals surface area contributed by atoms with Crippen molar-refractivity contribution in [3.63, 3.8) is 0 Å². The molecule has 0 spiro atoms. The minimum Gasteiger partial charge on any atom is -0.346 e. The Hall–Kier alpha value is -0.800. The number of hydrogen-bond donors (Lipinski definition) is 1. The monoisotopic (exact) mass is 332 g/mol. The highest BCUT2D eigenvalue weighted by atomic mass is 79.9. The summed E-state index contributed by atoms with van der Waals surface area (Å²) >= 11 is 3.74. The van der Waals surface area contributed by atoms with Crippen LogP contribution in [0.3, 0.4) is 0 Å². The lowest BCUT2D eigenvalue weighted by atomic mass is 9.94. The Morgan fingerprint density at radius 1 is 1.25 bits per heavy atom. The number of piperidine rings is 1. The van der Waals surface area contributed by atoms with Crippen LogP contribution < -0.4 is 5.32 Å². The lowest BCUT2D eigenvalue weighted by molar-refractivity contribution is 0.399. The van der Waals surface area contributed by atoms with E-state index < -0.39 is 0 Å². The molecule has 20 heavy (non-hydrogen) atoms. The highest BCUT2D eigenvalue weighted by Gasteiger charge is 2.18. The number of aryl methyl sites for hydroxylation is 2. The maximum atomic E-state index is 3.74. The number of halogens is 1. The van der Waals surface area contributed by atoms with Gasteiger partial charge in [-0.15, -0.1) is 0 Å². The molecule has 1 unspecified atom stereocenters. The lowest BCUT2D eigenvalue weighted by Gasteiger charge is -2.24. The first-order valence-electron chi connectivity index (χ1n) is 7.85. The molecule has 2 aliphatic heterocycles. The molecule has 1 saturated heterocycles. The largest absolute Gasteiger partial charge is 0.346 e. The fourth-order valence-electron chi connectivity index (χ4n) is 3.86. The van der Waals surface area contributed by atoms with E-state index in [0.717, 1.165) is 0 Å². The second-order valence-corrected chi connectivity index (χ2v) is 7.13. The van der Waals surface area contributed by atoms with Crippen molar-refractivity contribution in [3.05, 3.63) is 33.9 Å². The molecule has 1 N–H and O–H groups in total. The number of benzene rings is 1. The molecule has 0 radical (unpaired) electrons. The van der Waals surface area contributed by atoms with Crippen molar-refractivity contribution in [1.29, 1.82) is 0 Å². The summed E-state index contributed by atoms with van der Waals surface area (Å²) in [6.07, 6.45) is 10.0. The molecule has 2 nitrogen and oxygen atoms in total. The van der Waals surface area contributed by atoms with Gasteiger partial charge in [0.05, 0.1) is 5.52 Å². The van der Waals surface area contributed by atoms with Gasteiger partial charge < -0.3 is 9.88 Å². The summed E-state index contributed by atoms with van der Waals surface area (Å²) in [4.78, 5) is 0. The number of rotatable bonds is 2. The van der Waals surface area contributed by atoms with E-state index >= 15 is 0 Å². The topological polar surface area (TPSA) is 17.0 Å². The van der Waals surface area contributed by atoms with Gasteiger partial charge in [0.2, 0.25) is 0 Å². The van der Waals surface area contributed by atoms with Gasteiger partial charge in [0.25, 0.3) is 0 Å². The summed E-state index contributed by atoms with van der Waals surface area (Å²) in [6.45, 7) is 2.36. The van der Waals surface area contributed by atoms with E-state index in [1.165, 1.54) is 72.6 Å². The van der Waals surface area contributed by atoms with Crippen molar-refractivity contribution >= 4 is 26.8 Å². The van der Waals surface area contributed by atoms with Crippen LogP contribution in [0.15, 0.2) is 22.8 Å². The zero-order valence-corrected chi connectivity index (χ0v) is 13.4. The minimum atomic E-state index is 0.679. The smallest absolute Gasteiger partial charge is 0.0524 e. The third kappa shape index (κ3) is 2.21. The van der Waals surface area contributed by atoms with E-state index in [4.69, 9.17) is 0 Å². The quantitative estimate of drug-likeness (QED) is 0.878. The van der Waals surface area contributed by atoms with Gasteiger partial charge in [-0.25, -0.2) is 0 Å². The van der Waals surface area contributed by atoms with Crippen LogP contribution >= 0.6 is 15.9 Å². The summed E-state index contributed by atoms with van der Waals surface area (Å²) in [6, 6.07) is 5.54. The molecule has 2 aromatic rings. The third-order valence-corrected chi connectivity index (χ3v) is 5.43. The SMILES string of the molecule is Brc1cn2c3c(cc(CC4CCCCN4)cc13)CCC2. The van der Waals surface area contributed by atoms with Gasteiger partial charge in [-0.2, -0.15) is 0 Å². The molecule has 1 fully saturated rings. The molecule has 1 aromatic carbocycles. The van der Waals surface area contributed by atoms with Crippen LogP contribution in [0.2, 0.25) is 0 Å². The molecule has 3 heteroatoms. The van der Waals surface area contributed by atoms with Crippen molar-refractivity contribution < 1.29 is 0 Å². The Bertz CT molecular complexity index is 638. The molecule has 0 aliphatic carbocycles. The zero-order valence-electron chi connectivity index (χ0n) is 11.8. The molecule has 2 aliphatic rings. The van der Waals surface area contributed by atoms with Gasteiger partial charge in [-0.05, 0) is 71.8 Å². The molecular weight excluding hydrogens is 312 g/mol.